The van der Waals surface area contributed by atoms with Gasteiger partial charge in [0.15, 0.2) is 6.39 Å². The molecule has 1 heterocycles. The molecule has 2 rings (SSSR count). The zero-order valence-corrected chi connectivity index (χ0v) is 9.92. The summed E-state index contributed by atoms with van der Waals surface area (Å²) in [6, 6.07) is 7.08. The minimum Gasteiger partial charge on any atom is -0.494 e. The van der Waals surface area contributed by atoms with E-state index in [1.165, 1.54) is 0 Å². The number of hydrogen-bond donors (Lipinski definition) is 1. The summed E-state index contributed by atoms with van der Waals surface area (Å²) >= 11 is 0. The number of carboxylic acid groups (broad SMARTS) is 1. The molecule has 94 valence electrons. The lowest BCUT2D eigenvalue weighted by atomic mass is 10.1. The second kappa shape index (κ2) is 5.35. The molecule has 0 aliphatic heterocycles. The van der Waals surface area contributed by atoms with Crippen LogP contribution in [0.1, 0.15) is 23.9 Å². The molecule has 0 amide bonds. The molecule has 0 fully saturated rings. The lowest BCUT2D eigenvalue weighted by Gasteiger charge is -2.04. The van der Waals surface area contributed by atoms with Crippen LogP contribution in [0.3, 0.4) is 0 Å². The first-order chi connectivity index (χ1) is 8.72. The van der Waals surface area contributed by atoms with Crippen molar-refractivity contribution in [2.75, 3.05) is 6.61 Å². The smallest absolute Gasteiger partial charge is 0.374 e. The lowest BCUT2D eigenvalue weighted by molar-refractivity contribution is 0.0663. The number of hydrogen-bond acceptors (Lipinski definition) is 4. The number of carbonyl (C=O) groups is 1. The number of aromatic carboxylic acids is 1. The van der Waals surface area contributed by atoms with Crippen molar-refractivity contribution in [2.24, 2.45) is 0 Å². The lowest BCUT2D eigenvalue weighted by Crippen LogP contribution is -1.97. The molecule has 1 aromatic carbocycles. The van der Waals surface area contributed by atoms with Crippen molar-refractivity contribution in [1.29, 1.82) is 0 Å². The molecule has 0 aliphatic rings. The summed E-state index contributed by atoms with van der Waals surface area (Å²) in [5.41, 5.74) is 1.01. The topological polar surface area (TPSA) is 72.6 Å². The quantitative estimate of drug-likeness (QED) is 0.879. The van der Waals surface area contributed by atoms with Crippen LogP contribution in [0.2, 0.25) is 0 Å². The summed E-state index contributed by atoms with van der Waals surface area (Å²) in [5, 5.41) is 8.93. The summed E-state index contributed by atoms with van der Waals surface area (Å²) in [5.74, 6) is -0.535. The first-order valence-electron chi connectivity index (χ1n) is 5.62. The normalized spacial score (nSPS) is 10.3. The van der Waals surface area contributed by atoms with Gasteiger partial charge in [-0.15, -0.1) is 0 Å². The zero-order valence-electron chi connectivity index (χ0n) is 9.92. The monoisotopic (exact) mass is 247 g/mol. The number of nitrogens with zero attached hydrogens (tertiary/aromatic N) is 1. The highest BCUT2D eigenvalue weighted by molar-refractivity contribution is 5.91. The molecule has 5 nitrogen and oxygen atoms in total. The number of aromatic nitrogens is 1. The van der Waals surface area contributed by atoms with Gasteiger partial charge in [0, 0.05) is 5.56 Å². The van der Waals surface area contributed by atoms with Crippen LogP contribution in [0.15, 0.2) is 35.1 Å². The summed E-state index contributed by atoms with van der Waals surface area (Å²) in [4.78, 5) is 14.8. The predicted molar refractivity (Wildman–Crippen MR) is 64.7 cm³/mol. The minimum atomic E-state index is -1.13. The van der Waals surface area contributed by atoms with Gasteiger partial charge in [0.25, 0.3) is 0 Å². The second-order valence-corrected chi connectivity index (χ2v) is 3.71. The van der Waals surface area contributed by atoms with E-state index >= 15 is 0 Å². The Morgan fingerprint density at radius 1 is 1.39 bits per heavy atom. The molecule has 0 bridgehead atoms. The third kappa shape index (κ3) is 2.51. The van der Waals surface area contributed by atoms with Crippen molar-refractivity contribution in [3.05, 3.63) is 36.4 Å². The molecule has 0 spiro atoms. The van der Waals surface area contributed by atoms with Gasteiger partial charge in [0.2, 0.25) is 5.76 Å². The molecular formula is C13H13NO4. The van der Waals surface area contributed by atoms with Crippen LogP contribution in [0.4, 0.5) is 0 Å². The minimum absolute atomic E-state index is 0.155. The van der Waals surface area contributed by atoms with Gasteiger partial charge in [-0.1, -0.05) is 6.92 Å². The average Bonchev–Trinajstić information content (AvgIpc) is 2.86. The Labute approximate surface area is 104 Å². The van der Waals surface area contributed by atoms with Crippen molar-refractivity contribution in [1.82, 2.24) is 4.98 Å². The number of rotatable bonds is 5. The number of oxazole rings is 1. The molecule has 1 N–H and O–H groups in total. The van der Waals surface area contributed by atoms with Crippen LogP contribution in [0.5, 0.6) is 5.75 Å². The van der Waals surface area contributed by atoms with E-state index in [9.17, 15) is 4.79 Å². The van der Waals surface area contributed by atoms with Gasteiger partial charge < -0.3 is 14.3 Å². The van der Waals surface area contributed by atoms with Crippen LogP contribution < -0.4 is 4.74 Å². The molecule has 5 heteroatoms. The molecular weight excluding hydrogens is 234 g/mol. The summed E-state index contributed by atoms with van der Waals surface area (Å²) in [6.07, 6.45) is 2.06. The highest BCUT2D eigenvalue weighted by atomic mass is 16.5. The van der Waals surface area contributed by atoms with Crippen molar-refractivity contribution in [3.63, 3.8) is 0 Å². The van der Waals surface area contributed by atoms with Crippen LogP contribution >= 0.6 is 0 Å². The number of ether oxygens (including phenoxy) is 1. The summed E-state index contributed by atoms with van der Waals surface area (Å²) in [7, 11) is 0. The third-order valence-corrected chi connectivity index (χ3v) is 2.36. The molecule has 0 aliphatic carbocycles. The van der Waals surface area contributed by atoms with Gasteiger partial charge in [-0.3, -0.25) is 0 Å². The first-order valence-corrected chi connectivity index (χ1v) is 5.62. The maximum Gasteiger partial charge on any atom is 0.374 e. The van der Waals surface area contributed by atoms with E-state index in [1.54, 1.807) is 24.3 Å². The van der Waals surface area contributed by atoms with Crippen molar-refractivity contribution in [2.45, 2.75) is 13.3 Å². The fraction of sp³-hybridized carbons (Fsp3) is 0.231. The summed E-state index contributed by atoms with van der Waals surface area (Å²) < 4.78 is 10.3. The van der Waals surface area contributed by atoms with Crippen molar-refractivity contribution in [3.8, 4) is 17.0 Å². The van der Waals surface area contributed by atoms with Crippen LogP contribution in [0.25, 0.3) is 11.3 Å². The van der Waals surface area contributed by atoms with Crippen LogP contribution in [0, 0.1) is 0 Å². The fourth-order valence-corrected chi connectivity index (χ4v) is 1.53. The molecule has 2 aromatic rings. The molecule has 1 aromatic heterocycles. The molecule has 0 unspecified atom stereocenters. The molecule has 0 radical (unpaired) electrons. The number of carboxylic acids is 1. The number of benzene rings is 1. The van der Waals surface area contributed by atoms with E-state index in [0.29, 0.717) is 17.9 Å². The van der Waals surface area contributed by atoms with Gasteiger partial charge >= 0.3 is 5.97 Å². The summed E-state index contributed by atoms with van der Waals surface area (Å²) in [6.45, 7) is 2.69. The van der Waals surface area contributed by atoms with Gasteiger partial charge in [-0.2, -0.15) is 0 Å². The van der Waals surface area contributed by atoms with Gasteiger partial charge in [0.1, 0.15) is 11.4 Å². The zero-order chi connectivity index (χ0) is 13.0. The van der Waals surface area contributed by atoms with Crippen LogP contribution in [-0.2, 0) is 0 Å². The Morgan fingerprint density at radius 3 is 2.72 bits per heavy atom. The highest BCUT2D eigenvalue weighted by Crippen LogP contribution is 2.24. The van der Waals surface area contributed by atoms with E-state index in [1.807, 2.05) is 6.92 Å². The van der Waals surface area contributed by atoms with E-state index in [4.69, 9.17) is 14.3 Å². The van der Waals surface area contributed by atoms with E-state index < -0.39 is 5.97 Å². The van der Waals surface area contributed by atoms with E-state index in [2.05, 4.69) is 4.98 Å². The maximum absolute atomic E-state index is 10.9. The second-order valence-electron chi connectivity index (χ2n) is 3.71. The molecule has 0 atom stereocenters. The maximum atomic E-state index is 10.9. The van der Waals surface area contributed by atoms with Gasteiger partial charge in [-0.05, 0) is 30.7 Å². The Balaban J connectivity index is 2.23. The fourth-order valence-electron chi connectivity index (χ4n) is 1.53. The SMILES string of the molecule is CCCOc1ccc(-c2ncoc2C(=O)O)cc1. The van der Waals surface area contributed by atoms with Crippen molar-refractivity contribution >= 4 is 5.97 Å². The largest absolute Gasteiger partial charge is 0.494 e. The first kappa shape index (κ1) is 12.2. The predicted octanol–water partition coefficient (Wildman–Crippen LogP) is 2.83. The Kier molecular flexibility index (Phi) is 3.62. The molecule has 0 saturated carbocycles. The van der Waals surface area contributed by atoms with Gasteiger partial charge in [-0.25, -0.2) is 9.78 Å². The standard InChI is InChI=1S/C13H13NO4/c1-2-7-17-10-5-3-9(4-6-10)11-12(13(15)16)18-8-14-11/h3-6,8H,2,7H2,1H3,(H,15,16). The van der Waals surface area contributed by atoms with E-state index in [0.717, 1.165) is 18.6 Å². The Hall–Kier alpha value is -2.30. The van der Waals surface area contributed by atoms with Crippen LogP contribution in [-0.4, -0.2) is 22.7 Å². The third-order valence-electron chi connectivity index (χ3n) is 2.36. The Bertz CT molecular complexity index is 530. The average molecular weight is 247 g/mol. The van der Waals surface area contributed by atoms with Crippen molar-refractivity contribution < 1.29 is 19.1 Å². The molecule has 0 saturated heterocycles. The highest BCUT2D eigenvalue weighted by Gasteiger charge is 2.17. The van der Waals surface area contributed by atoms with Gasteiger partial charge in [0.05, 0.1) is 6.61 Å². The Morgan fingerprint density at radius 2 is 2.11 bits per heavy atom. The molecule has 18 heavy (non-hydrogen) atoms. The van der Waals surface area contributed by atoms with E-state index in [-0.39, 0.29) is 5.76 Å².